The Morgan fingerprint density at radius 3 is 2.19 bits per heavy atom. The van der Waals surface area contributed by atoms with Gasteiger partial charge in [-0.1, -0.05) is 41.5 Å². The van der Waals surface area contributed by atoms with E-state index in [1.54, 1.807) is 0 Å². The molecule has 0 aromatic heterocycles. The molecule has 5 nitrogen and oxygen atoms in total. The van der Waals surface area contributed by atoms with Crippen molar-refractivity contribution in [3.8, 4) is 0 Å². The van der Waals surface area contributed by atoms with Gasteiger partial charge in [-0.2, -0.15) is 0 Å². The molecule has 0 aromatic rings. The van der Waals surface area contributed by atoms with Crippen molar-refractivity contribution in [1.29, 1.82) is 0 Å². The standard InChI is InChI=1S/C31H48O5/c1-16(31(5,6)30(2,3)4)28(32)36-25-14-20-13-23(25)27-21-11-19(26(20)27)12-22(21)29(33)35-15-34-24-10-17-7-8-18(24)9-17/h16-27H,7-15H2,1-6H3. The quantitative estimate of drug-likeness (QED) is 0.235. The van der Waals surface area contributed by atoms with E-state index in [4.69, 9.17) is 14.2 Å². The summed E-state index contributed by atoms with van der Waals surface area (Å²) in [7, 11) is 0. The highest BCUT2D eigenvalue weighted by Crippen LogP contribution is 2.69. The molecule has 0 aromatic carbocycles. The largest absolute Gasteiger partial charge is 0.462 e. The Balaban J connectivity index is 1.05. The second-order valence-corrected chi connectivity index (χ2v) is 15.2. The van der Waals surface area contributed by atoms with E-state index in [1.165, 1.54) is 25.7 Å². The van der Waals surface area contributed by atoms with Crippen LogP contribution in [0.3, 0.4) is 0 Å². The molecule has 6 rings (SSSR count). The molecule has 5 heteroatoms. The lowest BCUT2D eigenvalue weighted by molar-refractivity contribution is -0.174. The van der Waals surface area contributed by atoms with Crippen LogP contribution in [0.25, 0.3) is 0 Å². The van der Waals surface area contributed by atoms with Gasteiger partial charge in [0, 0.05) is 0 Å². The Kier molecular flexibility index (Phi) is 6.10. The van der Waals surface area contributed by atoms with E-state index in [1.807, 2.05) is 6.92 Å². The molecule has 6 saturated carbocycles. The highest BCUT2D eigenvalue weighted by molar-refractivity contribution is 5.74. The number of hydrogen-bond acceptors (Lipinski definition) is 5. The van der Waals surface area contributed by atoms with Gasteiger partial charge >= 0.3 is 11.9 Å². The molecule has 0 heterocycles. The molecule has 0 spiro atoms. The summed E-state index contributed by atoms with van der Waals surface area (Å²) in [5.41, 5.74) is -0.129. The van der Waals surface area contributed by atoms with Gasteiger partial charge in [0.25, 0.3) is 0 Å². The lowest BCUT2D eigenvalue weighted by atomic mass is 9.62. The summed E-state index contributed by atoms with van der Waals surface area (Å²) in [5.74, 6) is 4.68. The maximum atomic E-state index is 13.3. The van der Waals surface area contributed by atoms with Crippen molar-refractivity contribution in [3.63, 3.8) is 0 Å². The maximum absolute atomic E-state index is 13.3. The predicted molar refractivity (Wildman–Crippen MR) is 136 cm³/mol. The molecule has 6 fully saturated rings. The number of carbonyl (C=O) groups excluding carboxylic acids is 2. The summed E-state index contributed by atoms with van der Waals surface area (Å²) < 4.78 is 18.0. The van der Waals surface area contributed by atoms with Crippen LogP contribution in [0.15, 0.2) is 0 Å². The van der Waals surface area contributed by atoms with Crippen LogP contribution in [0.4, 0.5) is 0 Å². The Morgan fingerprint density at radius 1 is 0.806 bits per heavy atom. The highest BCUT2D eigenvalue weighted by atomic mass is 16.7. The SMILES string of the molecule is CC(C(=O)OC1CC2CC1C1C3CC(CC3C(=O)OCOC3CC4CCC3C4)C21)C(C)(C)C(C)(C)C. The van der Waals surface area contributed by atoms with Gasteiger partial charge < -0.3 is 14.2 Å². The van der Waals surface area contributed by atoms with Gasteiger partial charge in [-0.05, 0) is 110 Å². The summed E-state index contributed by atoms with van der Waals surface area (Å²) in [6.45, 7) is 13.1. The Morgan fingerprint density at radius 2 is 1.53 bits per heavy atom. The van der Waals surface area contributed by atoms with Gasteiger partial charge in [-0.15, -0.1) is 0 Å². The van der Waals surface area contributed by atoms with Crippen LogP contribution in [0, 0.1) is 70.0 Å². The van der Waals surface area contributed by atoms with Crippen LogP contribution in [-0.2, 0) is 23.8 Å². The normalized spacial score (nSPS) is 45.2. The fraction of sp³-hybridized carbons (Fsp3) is 0.935. The molecule has 202 valence electrons. The first-order valence-corrected chi connectivity index (χ1v) is 14.9. The summed E-state index contributed by atoms with van der Waals surface area (Å²) in [6, 6.07) is 0. The predicted octanol–water partition coefficient (Wildman–Crippen LogP) is 6.24. The minimum absolute atomic E-state index is 0.00864. The summed E-state index contributed by atoms with van der Waals surface area (Å²) in [5, 5.41) is 0. The number of ether oxygens (including phenoxy) is 3. The second-order valence-electron chi connectivity index (χ2n) is 15.2. The zero-order chi connectivity index (χ0) is 25.6. The van der Waals surface area contributed by atoms with Crippen LogP contribution < -0.4 is 0 Å². The fourth-order valence-electron chi connectivity index (χ4n) is 9.82. The van der Waals surface area contributed by atoms with Gasteiger partial charge in [-0.3, -0.25) is 9.59 Å². The molecule has 0 amide bonds. The molecular formula is C31H48O5. The first-order valence-electron chi connectivity index (χ1n) is 14.9. The third-order valence-corrected chi connectivity index (χ3v) is 12.9. The molecule has 0 aliphatic heterocycles. The van der Waals surface area contributed by atoms with Gasteiger partial charge in [0.05, 0.1) is 17.9 Å². The topological polar surface area (TPSA) is 61.8 Å². The fourth-order valence-corrected chi connectivity index (χ4v) is 9.82. The second kappa shape index (κ2) is 8.71. The van der Waals surface area contributed by atoms with Gasteiger partial charge in [0.1, 0.15) is 6.10 Å². The van der Waals surface area contributed by atoms with Crippen LogP contribution in [0.2, 0.25) is 0 Å². The number of esters is 2. The van der Waals surface area contributed by atoms with E-state index in [9.17, 15) is 9.59 Å². The number of rotatable bonds is 7. The molecule has 0 radical (unpaired) electrons. The van der Waals surface area contributed by atoms with Crippen molar-refractivity contribution in [3.05, 3.63) is 0 Å². The lowest BCUT2D eigenvalue weighted by Crippen LogP contribution is -2.44. The minimum Gasteiger partial charge on any atom is -0.462 e. The average Bonchev–Trinajstić information content (AvgIpc) is 3.64. The monoisotopic (exact) mass is 500 g/mol. The van der Waals surface area contributed by atoms with E-state index >= 15 is 0 Å². The molecule has 0 saturated heterocycles. The van der Waals surface area contributed by atoms with E-state index in [0.29, 0.717) is 41.6 Å². The van der Waals surface area contributed by atoms with E-state index < -0.39 is 0 Å². The van der Waals surface area contributed by atoms with Gasteiger partial charge in [-0.25, -0.2) is 0 Å². The zero-order valence-electron chi connectivity index (χ0n) is 23.3. The first-order chi connectivity index (χ1) is 17.0. The van der Waals surface area contributed by atoms with Gasteiger partial charge in [0.15, 0.2) is 6.79 Å². The summed E-state index contributed by atoms with van der Waals surface area (Å²) >= 11 is 0. The molecule has 36 heavy (non-hydrogen) atoms. The Labute approximate surface area is 217 Å². The van der Waals surface area contributed by atoms with Gasteiger partial charge in [0.2, 0.25) is 0 Å². The molecule has 12 unspecified atom stereocenters. The smallest absolute Gasteiger partial charge is 0.311 e. The molecule has 12 atom stereocenters. The van der Waals surface area contributed by atoms with E-state index in [2.05, 4.69) is 34.6 Å². The molecule has 6 aliphatic rings. The average molecular weight is 501 g/mol. The number of hydrogen-bond donors (Lipinski definition) is 0. The van der Waals surface area contributed by atoms with Crippen LogP contribution in [-0.4, -0.2) is 30.9 Å². The number of fused-ring (bicyclic) bond motifs is 11. The maximum Gasteiger partial charge on any atom is 0.311 e. The number of carbonyl (C=O) groups is 2. The van der Waals surface area contributed by atoms with Crippen molar-refractivity contribution in [2.45, 2.75) is 105 Å². The molecular weight excluding hydrogens is 452 g/mol. The van der Waals surface area contributed by atoms with Crippen molar-refractivity contribution >= 4 is 11.9 Å². The minimum atomic E-state index is -0.148. The van der Waals surface area contributed by atoms with E-state index in [0.717, 1.165) is 37.5 Å². The zero-order valence-corrected chi connectivity index (χ0v) is 23.3. The van der Waals surface area contributed by atoms with Crippen LogP contribution >= 0.6 is 0 Å². The van der Waals surface area contributed by atoms with Crippen molar-refractivity contribution in [2.24, 2.45) is 70.0 Å². The summed E-state index contributed by atoms with van der Waals surface area (Å²) in [6.07, 6.45) is 9.74. The highest BCUT2D eigenvalue weighted by Gasteiger charge is 2.66. The third kappa shape index (κ3) is 3.88. The third-order valence-electron chi connectivity index (χ3n) is 12.9. The van der Waals surface area contributed by atoms with Crippen molar-refractivity contribution in [1.82, 2.24) is 0 Å². The van der Waals surface area contributed by atoms with E-state index in [-0.39, 0.29) is 47.5 Å². The molecule has 6 aliphatic carbocycles. The summed E-state index contributed by atoms with van der Waals surface area (Å²) in [4.78, 5) is 26.4. The molecule has 0 N–H and O–H groups in total. The van der Waals surface area contributed by atoms with Crippen molar-refractivity contribution in [2.75, 3.05) is 6.79 Å². The first kappa shape index (κ1) is 25.2. The Bertz CT molecular complexity index is 888. The van der Waals surface area contributed by atoms with Crippen molar-refractivity contribution < 1.29 is 23.8 Å². The lowest BCUT2D eigenvalue weighted by Gasteiger charge is -2.44. The molecule has 6 bridgehead atoms. The van der Waals surface area contributed by atoms with Crippen LogP contribution in [0.1, 0.15) is 92.9 Å². The van der Waals surface area contributed by atoms with Crippen LogP contribution in [0.5, 0.6) is 0 Å². The Hall–Kier alpha value is -1.10.